The summed E-state index contributed by atoms with van der Waals surface area (Å²) < 4.78 is 15.9. The van der Waals surface area contributed by atoms with Crippen LogP contribution in [0.25, 0.3) is 11.1 Å². The number of benzene rings is 1. The van der Waals surface area contributed by atoms with Crippen molar-refractivity contribution in [2.24, 2.45) is 0 Å². The predicted octanol–water partition coefficient (Wildman–Crippen LogP) is 3.35. The molecule has 1 aromatic heterocycles. The smallest absolute Gasteiger partial charge is 0.131 e. The Kier molecular flexibility index (Phi) is 3.83. The quantitative estimate of drug-likeness (QED) is 0.874. The van der Waals surface area contributed by atoms with E-state index in [4.69, 9.17) is 0 Å². The largest absolute Gasteiger partial charge is 0.310 e. The van der Waals surface area contributed by atoms with E-state index >= 15 is 0 Å². The van der Waals surface area contributed by atoms with Gasteiger partial charge in [0.05, 0.1) is 6.20 Å². The van der Waals surface area contributed by atoms with Gasteiger partial charge in [0.1, 0.15) is 5.82 Å². The molecular weight excluding hydrogens is 253 g/mol. The van der Waals surface area contributed by atoms with Gasteiger partial charge in [0, 0.05) is 36.5 Å². The van der Waals surface area contributed by atoms with Crippen LogP contribution in [0, 0.1) is 5.82 Å². The number of hydrogen-bond donors (Lipinski definition) is 1. The number of nitrogens with one attached hydrogen (secondary N) is 1. The summed E-state index contributed by atoms with van der Waals surface area (Å²) in [6, 6.07) is 6.00. The van der Waals surface area contributed by atoms with Crippen molar-refractivity contribution < 1.29 is 4.39 Å². The SMILES string of the molecule is CCCn1cc(-c2cc(CNC3CC3)ccc2F)cn1. The molecule has 2 aromatic rings. The van der Waals surface area contributed by atoms with E-state index in [0.717, 1.165) is 30.6 Å². The monoisotopic (exact) mass is 273 g/mol. The molecule has 1 saturated carbocycles. The van der Waals surface area contributed by atoms with Gasteiger partial charge in [-0.3, -0.25) is 4.68 Å². The molecule has 106 valence electrons. The Hall–Kier alpha value is -1.68. The van der Waals surface area contributed by atoms with E-state index in [1.165, 1.54) is 12.8 Å². The predicted molar refractivity (Wildman–Crippen MR) is 77.8 cm³/mol. The van der Waals surface area contributed by atoms with Gasteiger partial charge in [0.2, 0.25) is 0 Å². The molecular formula is C16H20FN3. The molecule has 3 nitrogen and oxygen atoms in total. The summed E-state index contributed by atoms with van der Waals surface area (Å²) in [5, 5.41) is 7.72. The van der Waals surface area contributed by atoms with E-state index in [-0.39, 0.29) is 5.82 Å². The number of aromatic nitrogens is 2. The fraction of sp³-hybridized carbons (Fsp3) is 0.438. The first-order valence-electron chi connectivity index (χ1n) is 7.31. The summed E-state index contributed by atoms with van der Waals surface area (Å²) in [5.41, 5.74) is 2.61. The van der Waals surface area contributed by atoms with Crippen molar-refractivity contribution in [3.05, 3.63) is 42.0 Å². The van der Waals surface area contributed by atoms with Crippen molar-refractivity contribution in [1.29, 1.82) is 0 Å². The lowest BCUT2D eigenvalue weighted by Crippen LogP contribution is -2.15. The van der Waals surface area contributed by atoms with E-state index < -0.39 is 0 Å². The Labute approximate surface area is 118 Å². The van der Waals surface area contributed by atoms with E-state index in [9.17, 15) is 4.39 Å². The van der Waals surface area contributed by atoms with Crippen LogP contribution in [0.1, 0.15) is 31.7 Å². The van der Waals surface area contributed by atoms with Crippen LogP contribution < -0.4 is 5.32 Å². The molecule has 0 saturated heterocycles. The maximum absolute atomic E-state index is 14.0. The van der Waals surface area contributed by atoms with Gasteiger partial charge in [-0.15, -0.1) is 0 Å². The second-order valence-electron chi connectivity index (χ2n) is 5.46. The van der Waals surface area contributed by atoms with E-state index in [1.807, 2.05) is 23.0 Å². The number of nitrogens with zero attached hydrogens (tertiary/aromatic N) is 2. The lowest BCUT2D eigenvalue weighted by Gasteiger charge is -2.06. The highest BCUT2D eigenvalue weighted by atomic mass is 19.1. The van der Waals surface area contributed by atoms with Crippen molar-refractivity contribution in [2.75, 3.05) is 0 Å². The molecule has 3 rings (SSSR count). The van der Waals surface area contributed by atoms with E-state index in [0.29, 0.717) is 11.6 Å². The van der Waals surface area contributed by atoms with Gasteiger partial charge in [-0.25, -0.2) is 4.39 Å². The van der Waals surface area contributed by atoms with Gasteiger partial charge in [-0.05, 0) is 37.0 Å². The second kappa shape index (κ2) is 5.75. The van der Waals surface area contributed by atoms with Crippen LogP contribution in [0.3, 0.4) is 0 Å². The lowest BCUT2D eigenvalue weighted by molar-refractivity contribution is 0.602. The summed E-state index contributed by atoms with van der Waals surface area (Å²) in [7, 11) is 0. The molecule has 0 atom stereocenters. The van der Waals surface area contributed by atoms with Crippen LogP contribution in [-0.4, -0.2) is 15.8 Å². The molecule has 0 amide bonds. The summed E-state index contributed by atoms with van der Waals surface area (Å²) >= 11 is 0. The van der Waals surface area contributed by atoms with Crippen LogP contribution in [0.4, 0.5) is 4.39 Å². The molecule has 0 radical (unpaired) electrons. The average molecular weight is 273 g/mol. The van der Waals surface area contributed by atoms with Gasteiger partial charge in [0.25, 0.3) is 0 Å². The minimum atomic E-state index is -0.184. The number of rotatable bonds is 6. The lowest BCUT2D eigenvalue weighted by atomic mass is 10.1. The summed E-state index contributed by atoms with van der Waals surface area (Å²) in [4.78, 5) is 0. The summed E-state index contributed by atoms with van der Waals surface area (Å²) in [6.07, 6.45) is 7.21. The van der Waals surface area contributed by atoms with Crippen molar-refractivity contribution in [2.45, 2.75) is 45.3 Å². The fourth-order valence-electron chi connectivity index (χ4n) is 2.31. The standard InChI is InChI=1S/C16H20FN3/c1-2-7-20-11-13(10-19-20)15-8-12(3-6-16(15)17)9-18-14-4-5-14/h3,6,8,10-11,14,18H,2,4-5,7,9H2,1H3. The second-order valence-corrected chi connectivity index (χ2v) is 5.46. The molecule has 1 aliphatic carbocycles. The minimum Gasteiger partial charge on any atom is -0.310 e. The first-order chi connectivity index (χ1) is 9.76. The molecule has 4 heteroatoms. The Bertz CT molecular complexity index is 587. The van der Waals surface area contributed by atoms with Gasteiger partial charge >= 0.3 is 0 Å². The molecule has 1 aliphatic rings. The van der Waals surface area contributed by atoms with Crippen molar-refractivity contribution in [3.8, 4) is 11.1 Å². The van der Waals surface area contributed by atoms with Crippen LogP contribution in [0.5, 0.6) is 0 Å². The average Bonchev–Trinajstić information content (AvgIpc) is 3.17. The highest BCUT2D eigenvalue weighted by Gasteiger charge is 2.20. The third-order valence-corrected chi connectivity index (χ3v) is 3.60. The molecule has 1 heterocycles. The van der Waals surface area contributed by atoms with Gasteiger partial charge in [-0.1, -0.05) is 13.0 Å². The first kappa shape index (κ1) is 13.3. The molecule has 1 aromatic carbocycles. The molecule has 0 aliphatic heterocycles. The van der Waals surface area contributed by atoms with Gasteiger partial charge < -0.3 is 5.32 Å². The van der Waals surface area contributed by atoms with Crippen LogP contribution in [-0.2, 0) is 13.1 Å². The van der Waals surface area contributed by atoms with E-state index in [1.54, 1.807) is 12.3 Å². The number of hydrogen-bond acceptors (Lipinski definition) is 2. The van der Waals surface area contributed by atoms with Gasteiger partial charge in [0.15, 0.2) is 0 Å². The zero-order valence-corrected chi connectivity index (χ0v) is 11.8. The molecule has 20 heavy (non-hydrogen) atoms. The van der Waals surface area contributed by atoms with Crippen molar-refractivity contribution >= 4 is 0 Å². The van der Waals surface area contributed by atoms with Gasteiger partial charge in [-0.2, -0.15) is 5.10 Å². The van der Waals surface area contributed by atoms with E-state index in [2.05, 4.69) is 17.3 Å². The molecule has 1 N–H and O–H groups in total. The van der Waals surface area contributed by atoms with Crippen LogP contribution in [0.15, 0.2) is 30.6 Å². The normalized spacial score (nSPS) is 14.7. The van der Waals surface area contributed by atoms with Crippen LogP contribution >= 0.6 is 0 Å². The third-order valence-electron chi connectivity index (χ3n) is 3.60. The Morgan fingerprint density at radius 1 is 1.40 bits per heavy atom. The molecule has 1 fully saturated rings. The Morgan fingerprint density at radius 3 is 3.00 bits per heavy atom. The highest BCUT2D eigenvalue weighted by Crippen LogP contribution is 2.25. The maximum Gasteiger partial charge on any atom is 0.131 e. The molecule has 0 bridgehead atoms. The van der Waals surface area contributed by atoms with Crippen LogP contribution in [0.2, 0.25) is 0 Å². The zero-order valence-electron chi connectivity index (χ0n) is 11.8. The molecule has 0 unspecified atom stereocenters. The highest BCUT2D eigenvalue weighted by molar-refractivity contribution is 5.63. The zero-order chi connectivity index (χ0) is 13.9. The fourth-order valence-corrected chi connectivity index (χ4v) is 2.31. The summed E-state index contributed by atoms with van der Waals surface area (Å²) in [6.45, 7) is 3.78. The Morgan fingerprint density at radius 2 is 2.25 bits per heavy atom. The minimum absolute atomic E-state index is 0.184. The third kappa shape index (κ3) is 3.07. The first-order valence-corrected chi connectivity index (χ1v) is 7.31. The topological polar surface area (TPSA) is 29.9 Å². The summed E-state index contributed by atoms with van der Waals surface area (Å²) in [5.74, 6) is -0.184. The number of aryl methyl sites for hydroxylation is 1. The Balaban J connectivity index is 1.80. The molecule has 0 spiro atoms. The maximum atomic E-state index is 14.0. The van der Waals surface area contributed by atoms with Crippen molar-refractivity contribution in [1.82, 2.24) is 15.1 Å². The number of halogens is 1. The van der Waals surface area contributed by atoms with Crippen molar-refractivity contribution in [3.63, 3.8) is 0 Å².